The summed E-state index contributed by atoms with van der Waals surface area (Å²) in [6.07, 6.45) is 1.43. The molecule has 3 rings (SSSR count). The van der Waals surface area contributed by atoms with E-state index in [1.54, 1.807) is 6.07 Å². The monoisotopic (exact) mass is 359 g/mol. The summed E-state index contributed by atoms with van der Waals surface area (Å²) in [6.45, 7) is 7.58. The second-order valence-electron chi connectivity index (χ2n) is 7.09. The molecule has 25 heavy (non-hydrogen) atoms. The van der Waals surface area contributed by atoms with Crippen molar-refractivity contribution < 1.29 is 13.7 Å². The maximum Gasteiger partial charge on any atom is 0.525 e. The van der Waals surface area contributed by atoms with Gasteiger partial charge in [-0.05, 0) is 51.5 Å². The van der Waals surface area contributed by atoms with Crippen molar-refractivity contribution in [2.75, 3.05) is 0 Å². The van der Waals surface area contributed by atoms with Crippen molar-refractivity contribution in [1.82, 2.24) is 4.98 Å². The SMILES string of the molecule is CC1(C)OB(C(F)=Cc2ccc(-c3cccc(Cl)n3)cc2)OC1(C)C. The van der Waals surface area contributed by atoms with Crippen LogP contribution in [0.5, 0.6) is 0 Å². The zero-order valence-corrected chi connectivity index (χ0v) is 15.5. The lowest BCUT2D eigenvalue weighted by Gasteiger charge is -2.32. The van der Waals surface area contributed by atoms with Crippen LogP contribution < -0.4 is 0 Å². The molecule has 3 nitrogen and oxygen atoms in total. The van der Waals surface area contributed by atoms with E-state index < -0.39 is 24.0 Å². The second kappa shape index (κ2) is 6.56. The molecule has 0 radical (unpaired) electrons. The number of aromatic nitrogens is 1. The van der Waals surface area contributed by atoms with E-state index in [4.69, 9.17) is 20.9 Å². The van der Waals surface area contributed by atoms with Gasteiger partial charge in [0.2, 0.25) is 0 Å². The fraction of sp³-hybridized carbons (Fsp3) is 0.316. The lowest BCUT2D eigenvalue weighted by atomic mass is 9.86. The Morgan fingerprint density at radius 2 is 1.64 bits per heavy atom. The Morgan fingerprint density at radius 1 is 1.04 bits per heavy atom. The summed E-state index contributed by atoms with van der Waals surface area (Å²) in [7, 11) is -0.987. The van der Waals surface area contributed by atoms with Gasteiger partial charge in [0.1, 0.15) is 10.9 Å². The van der Waals surface area contributed by atoms with Gasteiger partial charge in [0.05, 0.1) is 16.9 Å². The highest BCUT2D eigenvalue weighted by Crippen LogP contribution is 2.39. The van der Waals surface area contributed by atoms with Crippen LogP contribution >= 0.6 is 11.6 Å². The molecule has 2 heterocycles. The van der Waals surface area contributed by atoms with E-state index in [0.29, 0.717) is 5.15 Å². The first kappa shape index (κ1) is 18.1. The van der Waals surface area contributed by atoms with Gasteiger partial charge < -0.3 is 9.31 Å². The molecule has 0 unspecified atom stereocenters. The molecule has 0 spiro atoms. The van der Waals surface area contributed by atoms with Gasteiger partial charge in [-0.25, -0.2) is 9.37 Å². The van der Waals surface area contributed by atoms with Gasteiger partial charge in [-0.1, -0.05) is 41.9 Å². The molecule has 0 aliphatic carbocycles. The van der Waals surface area contributed by atoms with E-state index in [9.17, 15) is 4.39 Å². The minimum Gasteiger partial charge on any atom is -0.398 e. The maximum atomic E-state index is 14.5. The lowest BCUT2D eigenvalue weighted by molar-refractivity contribution is 0.00578. The highest BCUT2D eigenvalue weighted by atomic mass is 35.5. The minimum atomic E-state index is -0.987. The van der Waals surface area contributed by atoms with Gasteiger partial charge in [0, 0.05) is 5.56 Å². The van der Waals surface area contributed by atoms with Crippen molar-refractivity contribution in [2.24, 2.45) is 0 Å². The molecular formula is C19H20BClFNO2. The van der Waals surface area contributed by atoms with Crippen molar-refractivity contribution in [3.63, 3.8) is 0 Å². The summed E-state index contributed by atoms with van der Waals surface area (Å²) in [5.74, 6) is 0. The van der Waals surface area contributed by atoms with E-state index >= 15 is 0 Å². The fourth-order valence-corrected chi connectivity index (χ4v) is 2.67. The summed E-state index contributed by atoms with van der Waals surface area (Å²) in [5, 5.41) is 0.438. The van der Waals surface area contributed by atoms with Crippen molar-refractivity contribution >= 4 is 24.8 Å². The molecule has 1 aromatic heterocycles. The molecule has 0 atom stereocenters. The number of pyridine rings is 1. The summed E-state index contributed by atoms with van der Waals surface area (Å²) in [4.78, 5) is 4.26. The average Bonchev–Trinajstić information content (AvgIpc) is 2.76. The Kier molecular flexibility index (Phi) is 4.75. The quantitative estimate of drug-likeness (QED) is 0.547. The van der Waals surface area contributed by atoms with Gasteiger partial charge >= 0.3 is 7.12 Å². The Bertz CT molecular complexity index is 789. The molecular weight excluding hydrogens is 339 g/mol. The third-order valence-electron chi connectivity index (χ3n) is 4.70. The van der Waals surface area contributed by atoms with Crippen molar-refractivity contribution in [3.8, 4) is 11.3 Å². The van der Waals surface area contributed by atoms with E-state index in [0.717, 1.165) is 16.8 Å². The molecule has 1 saturated heterocycles. The minimum absolute atomic E-state index is 0.438. The molecule has 2 aromatic rings. The number of benzene rings is 1. The highest BCUT2D eigenvalue weighted by molar-refractivity contribution is 6.54. The predicted molar refractivity (Wildman–Crippen MR) is 99.9 cm³/mol. The molecule has 1 aliphatic rings. The third-order valence-corrected chi connectivity index (χ3v) is 4.92. The van der Waals surface area contributed by atoms with Crippen LogP contribution in [0.1, 0.15) is 33.3 Å². The molecule has 0 bridgehead atoms. The Balaban J connectivity index is 1.78. The Morgan fingerprint density at radius 3 is 2.20 bits per heavy atom. The summed E-state index contributed by atoms with van der Waals surface area (Å²) < 4.78 is 26.0. The summed E-state index contributed by atoms with van der Waals surface area (Å²) >= 11 is 5.92. The van der Waals surface area contributed by atoms with Crippen LogP contribution in [0.4, 0.5) is 4.39 Å². The zero-order chi connectivity index (χ0) is 18.2. The molecule has 0 N–H and O–H groups in total. The topological polar surface area (TPSA) is 31.4 Å². The molecule has 130 valence electrons. The molecule has 0 amide bonds. The van der Waals surface area contributed by atoms with Gasteiger partial charge in [-0.3, -0.25) is 0 Å². The second-order valence-corrected chi connectivity index (χ2v) is 7.47. The Hall–Kier alpha value is -1.69. The summed E-state index contributed by atoms with van der Waals surface area (Å²) in [6, 6.07) is 12.8. The predicted octanol–water partition coefficient (Wildman–Crippen LogP) is 5.34. The van der Waals surface area contributed by atoms with Crippen LogP contribution in [0, 0.1) is 0 Å². The van der Waals surface area contributed by atoms with Crippen LogP contribution in [-0.4, -0.2) is 23.3 Å². The highest BCUT2D eigenvalue weighted by Gasteiger charge is 2.53. The maximum absolute atomic E-state index is 14.5. The van der Waals surface area contributed by atoms with E-state index in [-0.39, 0.29) is 0 Å². The molecule has 0 saturated carbocycles. The van der Waals surface area contributed by atoms with Crippen LogP contribution in [0.3, 0.4) is 0 Å². The van der Waals surface area contributed by atoms with Gasteiger partial charge in [0.25, 0.3) is 0 Å². The van der Waals surface area contributed by atoms with E-state index in [1.165, 1.54) is 6.08 Å². The van der Waals surface area contributed by atoms with E-state index in [2.05, 4.69) is 4.98 Å². The van der Waals surface area contributed by atoms with Crippen molar-refractivity contribution in [2.45, 2.75) is 38.9 Å². The largest absolute Gasteiger partial charge is 0.525 e. The van der Waals surface area contributed by atoms with Crippen molar-refractivity contribution in [3.05, 3.63) is 58.9 Å². The smallest absolute Gasteiger partial charge is 0.398 e. The first-order valence-corrected chi connectivity index (χ1v) is 8.51. The van der Waals surface area contributed by atoms with Gasteiger partial charge in [-0.2, -0.15) is 0 Å². The number of rotatable bonds is 3. The van der Waals surface area contributed by atoms with E-state index in [1.807, 2.05) is 64.1 Å². The number of hydrogen-bond acceptors (Lipinski definition) is 3. The van der Waals surface area contributed by atoms with Gasteiger partial charge in [-0.15, -0.1) is 0 Å². The van der Waals surface area contributed by atoms with Gasteiger partial charge in [0.15, 0.2) is 0 Å². The summed E-state index contributed by atoms with van der Waals surface area (Å²) in [5.41, 5.74) is 0.825. The third kappa shape index (κ3) is 3.79. The first-order chi connectivity index (χ1) is 11.7. The molecule has 1 aromatic carbocycles. The number of halogens is 2. The number of hydrogen-bond donors (Lipinski definition) is 0. The van der Waals surface area contributed by atoms with Crippen LogP contribution in [0.15, 0.2) is 48.2 Å². The molecule has 1 fully saturated rings. The van der Waals surface area contributed by atoms with Crippen LogP contribution in [0.2, 0.25) is 5.15 Å². The zero-order valence-electron chi connectivity index (χ0n) is 14.7. The molecule has 6 heteroatoms. The lowest BCUT2D eigenvalue weighted by Crippen LogP contribution is -2.41. The first-order valence-electron chi connectivity index (χ1n) is 8.14. The van der Waals surface area contributed by atoms with Crippen molar-refractivity contribution in [1.29, 1.82) is 0 Å². The molecule has 1 aliphatic heterocycles. The average molecular weight is 360 g/mol. The Labute approximate surface area is 153 Å². The standard InChI is InChI=1S/C19H20BClFNO2/c1-18(2)19(3,4)25-20(24-18)16(22)12-13-8-10-14(11-9-13)15-6-5-7-17(21)23-15/h5-12H,1-4H3. The normalized spacial score (nSPS) is 19.3. The fourth-order valence-electron chi connectivity index (χ4n) is 2.50. The van der Waals surface area contributed by atoms with Crippen LogP contribution in [0.25, 0.3) is 17.3 Å². The van der Waals surface area contributed by atoms with Crippen LogP contribution in [-0.2, 0) is 9.31 Å². The number of nitrogens with zero attached hydrogens (tertiary/aromatic N) is 1.